The molecule has 1 atom stereocenters. The van der Waals surface area contributed by atoms with Gasteiger partial charge in [-0.1, -0.05) is 18.2 Å². The van der Waals surface area contributed by atoms with Gasteiger partial charge in [-0.05, 0) is 68.7 Å². The van der Waals surface area contributed by atoms with Crippen molar-refractivity contribution in [2.45, 2.75) is 59.0 Å². The monoisotopic (exact) mass is 283 g/mol. The van der Waals surface area contributed by atoms with E-state index in [2.05, 4.69) is 43.7 Å². The van der Waals surface area contributed by atoms with E-state index in [1.165, 1.54) is 47.2 Å². The molecule has 0 fully saturated rings. The number of aromatic nitrogens is 2. The summed E-state index contributed by atoms with van der Waals surface area (Å²) in [6.07, 6.45) is 4.68. The van der Waals surface area contributed by atoms with E-state index in [0.29, 0.717) is 0 Å². The molecule has 3 heteroatoms. The van der Waals surface area contributed by atoms with Gasteiger partial charge in [-0.3, -0.25) is 4.68 Å². The highest BCUT2D eigenvalue weighted by Crippen LogP contribution is 2.24. The molecule has 3 rings (SSSR count). The highest BCUT2D eigenvalue weighted by atomic mass is 15.3. The SMILES string of the molecule is Cc1nn(Cc2ccc3c(c2)CCC3)c(C)c1CC(C)N. The topological polar surface area (TPSA) is 43.8 Å². The maximum absolute atomic E-state index is 5.95. The molecule has 0 saturated heterocycles. The lowest BCUT2D eigenvalue weighted by Crippen LogP contribution is -2.18. The predicted molar refractivity (Wildman–Crippen MR) is 86.6 cm³/mol. The molecule has 0 aliphatic heterocycles. The standard InChI is InChI=1S/C18H25N3/c1-12(19)9-18-13(2)20-21(14(18)3)11-15-7-8-16-5-4-6-17(16)10-15/h7-8,10,12H,4-6,9,11,19H2,1-3H3. The van der Waals surface area contributed by atoms with Crippen LogP contribution in [0.25, 0.3) is 0 Å². The summed E-state index contributed by atoms with van der Waals surface area (Å²) in [6, 6.07) is 7.10. The number of benzene rings is 1. The second-order valence-corrected chi connectivity index (χ2v) is 6.45. The molecular weight excluding hydrogens is 258 g/mol. The first-order valence-electron chi connectivity index (χ1n) is 7.93. The Labute approximate surface area is 127 Å². The van der Waals surface area contributed by atoms with Gasteiger partial charge in [0.1, 0.15) is 0 Å². The van der Waals surface area contributed by atoms with Crippen LogP contribution in [-0.2, 0) is 25.8 Å². The first-order valence-corrected chi connectivity index (χ1v) is 7.93. The normalized spacial score (nSPS) is 15.2. The summed E-state index contributed by atoms with van der Waals surface area (Å²) >= 11 is 0. The van der Waals surface area contributed by atoms with Crippen LogP contribution < -0.4 is 5.73 Å². The fraction of sp³-hybridized carbons (Fsp3) is 0.500. The third-order valence-electron chi connectivity index (χ3n) is 4.55. The molecule has 0 amide bonds. The van der Waals surface area contributed by atoms with Gasteiger partial charge in [0, 0.05) is 11.7 Å². The first kappa shape index (κ1) is 14.3. The van der Waals surface area contributed by atoms with Gasteiger partial charge in [0.25, 0.3) is 0 Å². The molecule has 0 bridgehead atoms. The second-order valence-electron chi connectivity index (χ2n) is 6.45. The molecule has 0 spiro atoms. The molecule has 1 aliphatic carbocycles. The molecule has 21 heavy (non-hydrogen) atoms. The van der Waals surface area contributed by atoms with Crippen molar-refractivity contribution >= 4 is 0 Å². The number of aryl methyl sites for hydroxylation is 3. The van der Waals surface area contributed by atoms with Gasteiger partial charge in [-0.2, -0.15) is 5.10 Å². The van der Waals surface area contributed by atoms with Crippen molar-refractivity contribution in [1.29, 1.82) is 0 Å². The Morgan fingerprint density at radius 2 is 2.00 bits per heavy atom. The van der Waals surface area contributed by atoms with Crippen molar-refractivity contribution in [2.24, 2.45) is 5.73 Å². The summed E-state index contributed by atoms with van der Waals surface area (Å²) in [7, 11) is 0. The smallest absolute Gasteiger partial charge is 0.0662 e. The maximum atomic E-state index is 5.95. The van der Waals surface area contributed by atoms with E-state index in [1.54, 1.807) is 0 Å². The molecule has 0 radical (unpaired) electrons. The molecule has 2 aromatic rings. The van der Waals surface area contributed by atoms with E-state index in [-0.39, 0.29) is 6.04 Å². The van der Waals surface area contributed by atoms with Crippen LogP contribution in [0, 0.1) is 13.8 Å². The molecule has 0 saturated carbocycles. The Kier molecular flexibility index (Phi) is 3.85. The number of nitrogens with zero attached hydrogens (tertiary/aromatic N) is 2. The van der Waals surface area contributed by atoms with Crippen molar-refractivity contribution in [3.63, 3.8) is 0 Å². The van der Waals surface area contributed by atoms with E-state index in [0.717, 1.165) is 18.7 Å². The zero-order valence-electron chi connectivity index (χ0n) is 13.3. The number of nitrogens with two attached hydrogens (primary N) is 1. The van der Waals surface area contributed by atoms with Crippen LogP contribution in [0.15, 0.2) is 18.2 Å². The van der Waals surface area contributed by atoms with Gasteiger partial charge in [0.05, 0.1) is 12.2 Å². The second kappa shape index (κ2) is 5.64. The Bertz CT molecular complexity index is 653. The lowest BCUT2D eigenvalue weighted by molar-refractivity contribution is 0.655. The van der Waals surface area contributed by atoms with Crippen LogP contribution in [0.1, 0.15) is 47.0 Å². The van der Waals surface area contributed by atoms with Gasteiger partial charge in [-0.25, -0.2) is 0 Å². The van der Waals surface area contributed by atoms with E-state index in [4.69, 9.17) is 10.8 Å². The number of hydrogen-bond donors (Lipinski definition) is 1. The Morgan fingerprint density at radius 3 is 2.76 bits per heavy atom. The first-order chi connectivity index (χ1) is 10.0. The van der Waals surface area contributed by atoms with Gasteiger partial charge in [-0.15, -0.1) is 0 Å². The van der Waals surface area contributed by atoms with Crippen molar-refractivity contribution in [2.75, 3.05) is 0 Å². The van der Waals surface area contributed by atoms with Crippen LogP contribution in [0.4, 0.5) is 0 Å². The van der Waals surface area contributed by atoms with Crippen LogP contribution in [0.5, 0.6) is 0 Å². The predicted octanol–water partition coefficient (Wildman–Crippen LogP) is 2.93. The average Bonchev–Trinajstić information content (AvgIpc) is 2.98. The Morgan fingerprint density at radius 1 is 1.24 bits per heavy atom. The van der Waals surface area contributed by atoms with Crippen LogP contribution in [0.3, 0.4) is 0 Å². The third kappa shape index (κ3) is 2.88. The summed E-state index contributed by atoms with van der Waals surface area (Å²) in [4.78, 5) is 0. The van der Waals surface area contributed by atoms with Crippen LogP contribution in [0.2, 0.25) is 0 Å². The van der Waals surface area contributed by atoms with Crippen LogP contribution in [-0.4, -0.2) is 15.8 Å². The summed E-state index contributed by atoms with van der Waals surface area (Å²) in [5.41, 5.74) is 14.1. The largest absolute Gasteiger partial charge is 0.328 e. The molecular formula is C18H25N3. The number of hydrogen-bond acceptors (Lipinski definition) is 2. The fourth-order valence-electron chi connectivity index (χ4n) is 3.40. The molecule has 1 unspecified atom stereocenters. The van der Waals surface area contributed by atoms with Gasteiger partial charge in [0.15, 0.2) is 0 Å². The van der Waals surface area contributed by atoms with Gasteiger partial charge >= 0.3 is 0 Å². The lowest BCUT2D eigenvalue weighted by Gasteiger charge is -2.09. The Balaban J connectivity index is 1.85. The van der Waals surface area contributed by atoms with Crippen molar-refractivity contribution in [3.05, 3.63) is 51.8 Å². The van der Waals surface area contributed by atoms with Crippen LogP contribution >= 0.6 is 0 Å². The summed E-state index contributed by atoms with van der Waals surface area (Å²) in [6.45, 7) is 7.16. The lowest BCUT2D eigenvalue weighted by atomic mass is 10.1. The minimum absolute atomic E-state index is 0.181. The van der Waals surface area contributed by atoms with Crippen molar-refractivity contribution in [3.8, 4) is 0 Å². The zero-order chi connectivity index (χ0) is 15.0. The maximum Gasteiger partial charge on any atom is 0.0662 e. The fourth-order valence-corrected chi connectivity index (χ4v) is 3.40. The highest BCUT2D eigenvalue weighted by molar-refractivity contribution is 5.36. The molecule has 1 heterocycles. The van der Waals surface area contributed by atoms with Crippen molar-refractivity contribution in [1.82, 2.24) is 9.78 Å². The van der Waals surface area contributed by atoms with E-state index >= 15 is 0 Å². The van der Waals surface area contributed by atoms with Gasteiger partial charge < -0.3 is 5.73 Å². The van der Waals surface area contributed by atoms with E-state index < -0.39 is 0 Å². The molecule has 1 aromatic heterocycles. The molecule has 3 nitrogen and oxygen atoms in total. The van der Waals surface area contributed by atoms with Gasteiger partial charge in [0.2, 0.25) is 0 Å². The van der Waals surface area contributed by atoms with Crippen molar-refractivity contribution < 1.29 is 0 Å². The minimum Gasteiger partial charge on any atom is -0.328 e. The summed E-state index contributed by atoms with van der Waals surface area (Å²) in [5, 5.41) is 4.71. The number of fused-ring (bicyclic) bond motifs is 1. The zero-order valence-corrected chi connectivity index (χ0v) is 13.3. The highest BCUT2D eigenvalue weighted by Gasteiger charge is 2.15. The van der Waals surface area contributed by atoms with E-state index in [1.807, 2.05) is 0 Å². The Hall–Kier alpha value is -1.61. The molecule has 2 N–H and O–H groups in total. The molecule has 112 valence electrons. The quantitative estimate of drug-likeness (QED) is 0.937. The molecule has 1 aliphatic rings. The van der Waals surface area contributed by atoms with E-state index in [9.17, 15) is 0 Å². The molecule has 1 aromatic carbocycles. The number of rotatable bonds is 4. The average molecular weight is 283 g/mol. The summed E-state index contributed by atoms with van der Waals surface area (Å²) in [5.74, 6) is 0. The third-order valence-corrected chi connectivity index (χ3v) is 4.55. The summed E-state index contributed by atoms with van der Waals surface area (Å²) < 4.78 is 2.13. The minimum atomic E-state index is 0.181.